The summed E-state index contributed by atoms with van der Waals surface area (Å²) in [6.07, 6.45) is 0.478. The van der Waals surface area contributed by atoms with Gasteiger partial charge in [-0.05, 0) is 36.2 Å². The quantitative estimate of drug-likeness (QED) is 0.831. The van der Waals surface area contributed by atoms with Gasteiger partial charge in [-0.2, -0.15) is 0 Å². The van der Waals surface area contributed by atoms with Crippen molar-refractivity contribution in [3.8, 4) is 5.75 Å². The zero-order valence-corrected chi connectivity index (χ0v) is 14.1. The summed E-state index contributed by atoms with van der Waals surface area (Å²) in [6.45, 7) is 1.78. The maximum Gasteiger partial charge on any atom is 0.337 e. The molecule has 0 heterocycles. The number of anilines is 1. The van der Waals surface area contributed by atoms with Crippen molar-refractivity contribution >= 4 is 29.2 Å². The molecule has 0 fully saturated rings. The molecule has 0 aromatic heterocycles. The summed E-state index contributed by atoms with van der Waals surface area (Å²) in [5.41, 5.74) is 1.10. The van der Waals surface area contributed by atoms with Gasteiger partial charge in [0.1, 0.15) is 5.75 Å². The molecule has 2 N–H and O–H groups in total. The van der Waals surface area contributed by atoms with E-state index in [1.807, 2.05) is 24.3 Å². The molecular formula is C18H18ClNO4. The number of halogens is 1. The van der Waals surface area contributed by atoms with Crippen LogP contribution in [0.4, 0.5) is 5.69 Å². The summed E-state index contributed by atoms with van der Waals surface area (Å²) in [6, 6.07) is 11.8. The number of rotatable bonds is 6. The van der Waals surface area contributed by atoms with Gasteiger partial charge < -0.3 is 15.2 Å². The minimum Gasteiger partial charge on any atom is -0.496 e. The average molecular weight is 348 g/mol. The van der Waals surface area contributed by atoms with Gasteiger partial charge in [0.2, 0.25) is 5.91 Å². The third-order valence-electron chi connectivity index (χ3n) is 3.64. The molecule has 0 radical (unpaired) electrons. The first-order valence-electron chi connectivity index (χ1n) is 7.38. The summed E-state index contributed by atoms with van der Waals surface area (Å²) in [5.74, 6) is -1.07. The Morgan fingerprint density at radius 1 is 1.25 bits per heavy atom. The molecule has 2 rings (SSSR count). The van der Waals surface area contributed by atoms with Crippen molar-refractivity contribution in [1.29, 1.82) is 0 Å². The number of benzene rings is 2. The van der Waals surface area contributed by atoms with Crippen LogP contribution in [0.3, 0.4) is 0 Å². The highest BCUT2D eigenvalue weighted by molar-refractivity contribution is 6.31. The van der Waals surface area contributed by atoms with Gasteiger partial charge in [-0.1, -0.05) is 36.7 Å². The zero-order valence-electron chi connectivity index (χ0n) is 13.4. The van der Waals surface area contributed by atoms with Gasteiger partial charge in [-0.3, -0.25) is 4.79 Å². The third kappa shape index (κ3) is 4.26. The van der Waals surface area contributed by atoms with E-state index in [-0.39, 0.29) is 23.1 Å². The molecule has 24 heavy (non-hydrogen) atoms. The van der Waals surface area contributed by atoms with Crippen LogP contribution in [0.2, 0.25) is 5.02 Å². The molecule has 2 aromatic carbocycles. The summed E-state index contributed by atoms with van der Waals surface area (Å²) < 4.78 is 5.28. The summed E-state index contributed by atoms with van der Waals surface area (Å²) in [4.78, 5) is 23.7. The lowest BCUT2D eigenvalue weighted by Gasteiger charge is -2.15. The van der Waals surface area contributed by atoms with E-state index in [9.17, 15) is 14.7 Å². The highest BCUT2D eigenvalue weighted by atomic mass is 35.5. The fourth-order valence-electron chi connectivity index (χ4n) is 2.35. The van der Waals surface area contributed by atoms with Gasteiger partial charge in [-0.15, -0.1) is 0 Å². The third-order valence-corrected chi connectivity index (χ3v) is 3.87. The molecule has 2 aromatic rings. The number of nitrogens with one attached hydrogen (secondary N) is 1. The molecule has 1 unspecified atom stereocenters. The van der Waals surface area contributed by atoms with E-state index >= 15 is 0 Å². The number of carbonyl (C=O) groups excluding carboxylic acids is 1. The van der Waals surface area contributed by atoms with Gasteiger partial charge in [0.05, 0.1) is 18.4 Å². The van der Waals surface area contributed by atoms with Gasteiger partial charge in [0.25, 0.3) is 0 Å². The normalized spacial score (nSPS) is 11.6. The van der Waals surface area contributed by atoms with Gasteiger partial charge in [0.15, 0.2) is 0 Å². The Balaban J connectivity index is 2.14. The van der Waals surface area contributed by atoms with Crippen LogP contribution < -0.4 is 10.1 Å². The van der Waals surface area contributed by atoms with Crippen molar-refractivity contribution in [2.45, 2.75) is 13.3 Å². The summed E-state index contributed by atoms with van der Waals surface area (Å²) in [5, 5.41) is 12.2. The van der Waals surface area contributed by atoms with Crippen LogP contribution in [0.1, 0.15) is 22.8 Å². The number of methoxy groups -OCH3 is 1. The lowest BCUT2D eigenvalue weighted by atomic mass is 9.99. The minimum absolute atomic E-state index is 0.0414. The van der Waals surface area contributed by atoms with E-state index in [4.69, 9.17) is 16.3 Å². The average Bonchev–Trinajstić information content (AvgIpc) is 2.56. The highest BCUT2D eigenvalue weighted by Crippen LogP contribution is 2.24. The Morgan fingerprint density at radius 3 is 2.62 bits per heavy atom. The van der Waals surface area contributed by atoms with Crippen LogP contribution >= 0.6 is 11.6 Å². The lowest BCUT2D eigenvalue weighted by molar-refractivity contribution is -0.119. The maximum atomic E-state index is 12.4. The monoisotopic (exact) mass is 347 g/mol. The van der Waals surface area contributed by atoms with Crippen molar-refractivity contribution in [3.05, 3.63) is 58.6 Å². The Labute approximate surface area is 145 Å². The lowest BCUT2D eigenvalue weighted by Crippen LogP contribution is -2.23. The molecule has 0 aliphatic carbocycles. The Hall–Kier alpha value is -2.53. The number of ether oxygens (including phenoxy) is 1. The molecule has 0 aliphatic rings. The zero-order chi connectivity index (χ0) is 17.7. The van der Waals surface area contributed by atoms with Gasteiger partial charge in [0, 0.05) is 10.9 Å². The molecule has 0 bridgehead atoms. The van der Waals surface area contributed by atoms with E-state index in [1.54, 1.807) is 14.0 Å². The Bertz CT molecular complexity index is 760. The van der Waals surface area contributed by atoms with Crippen molar-refractivity contribution in [3.63, 3.8) is 0 Å². The number of para-hydroxylation sites is 1. The maximum absolute atomic E-state index is 12.4. The predicted octanol–water partition coefficient (Wildman–Crippen LogP) is 3.86. The Morgan fingerprint density at radius 2 is 1.96 bits per heavy atom. The second-order valence-corrected chi connectivity index (χ2v) is 5.84. The van der Waals surface area contributed by atoms with Crippen LogP contribution in [-0.2, 0) is 11.2 Å². The summed E-state index contributed by atoms with van der Waals surface area (Å²) in [7, 11) is 1.58. The van der Waals surface area contributed by atoms with Crippen molar-refractivity contribution in [2.75, 3.05) is 12.4 Å². The molecule has 6 heteroatoms. The predicted molar refractivity (Wildman–Crippen MR) is 92.9 cm³/mol. The largest absolute Gasteiger partial charge is 0.496 e. The second kappa shape index (κ2) is 7.84. The van der Waals surface area contributed by atoms with E-state index in [0.717, 1.165) is 11.3 Å². The summed E-state index contributed by atoms with van der Waals surface area (Å²) >= 11 is 5.81. The first kappa shape index (κ1) is 17.8. The minimum atomic E-state index is -1.15. The SMILES string of the molecule is COc1ccccc1CC(C)C(=O)Nc1ccc(Cl)cc1C(=O)O. The number of hydrogen-bond acceptors (Lipinski definition) is 3. The molecule has 1 amide bonds. The van der Waals surface area contributed by atoms with E-state index in [2.05, 4.69) is 5.32 Å². The standard InChI is InChI=1S/C18H18ClNO4/c1-11(9-12-5-3-4-6-16(12)24-2)17(21)20-15-8-7-13(19)10-14(15)18(22)23/h3-8,10-11H,9H2,1-2H3,(H,20,21)(H,22,23). The van der Waals surface area contributed by atoms with Crippen LogP contribution in [0.5, 0.6) is 5.75 Å². The highest BCUT2D eigenvalue weighted by Gasteiger charge is 2.19. The van der Waals surface area contributed by atoms with Gasteiger partial charge in [-0.25, -0.2) is 4.79 Å². The van der Waals surface area contributed by atoms with Gasteiger partial charge >= 0.3 is 5.97 Å². The molecule has 5 nitrogen and oxygen atoms in total. The van der Waals surface area contributed by atoms with Crippen LogP contribution in [0.25, 0.3) is 0 Å². The topological polar surface area (TPSA) is 75.6 Å². The Kier molecular flexibility index (Phi) is 5.82. The van der Waals surface area contributed by atoms with Crippen LogP contribution in [0.15, 0.2) is 42.5 Å². The fraction of sp³-hybridized carbons (Fsp3) is 0.222. The second-order valence-electron chi connectivity index (χ2n) is 5.40. The van der Waals surface area contributed by atoms with Crippen molar-refractivity contribution in [1.82, 2.24) is 0 Å². The van der Waals surface area contributed by atoms with Crippen molar-refractivity contribution < 1.29 is 19.4 Å². The number of carboxylic acid groups (broad SMARTS) is 1. The number of hydrogen-bond donors (Lipinski definition) is 2. The molecule has 1 atom stereocenters. The van der Waals surface area contributed by atoms with E-state index in [1.165, 1.54) is 18.2 Å². The smallest absolute Gasteiger partial charge is 0.337 e. The first-order valence-corrected chi connectivity index (χ1v) is 7.75. The molecule has 0 spiro atoms. The molecular weight excluding hydrogens is 330 g/mol. The molecule has 126 valence electrons. The van der Waals surface area contributed by atoms with Crippen molar-refractivity contribution in [2.24, 2.45) is 5.92 Å². The molecule has 0 saturated carbocycles. The number of carbonyl (C=O) groups is 2. The van der Waals surface area contributed by atoms with E-state index in [0.29, 0.717) is 11.4 Å². The molecule has 0 aliphatic heterocycles. The van der Waals surface area contributed by atoms with Crippen LogP contribution in [-0.4, -0.2) is 24.1 Å². The van der Waals surface area contributed by atoms with Crippen LogP contribution in [0, 0.1) is 5.92 Å². The molecule has 0 saturated heterocycles. The number of aromatic carboxylic acids is 1. The van der Waals surface area contributed by atoms with E-state index < -0.39 is 5.97 Å². The first-order chi connectivity index (χ1) is 11.4. The number of amides is 1. The fourth-order valence-corrected chi connectivity index (χ4v) is 2.52. The number of carboxylic acids is 1.